The summed E-state index contributed by atoms with van der Waals surface area (Å²) in [5, 5.41) is 16.4. The molecule has 108 valence electrons. The molecule has 1 atom stereocenters. The number of hydrogen-bond donors (Lipinski definition) is 2. The number of halogens is 1. The number of rotatable bonds is 5. The molecule has 0 aliphatic rings. The van der Waals surface area contributed by atoms with Gasteiger partial charge >= 0.3 is 0 Å². The van der Waals surface area contributed by atoms with Crippen molar-refractivity contribution in [3.05, 3.63) is 60.3 Å². The molecule has 0 amide bonds. The van der Waals surface area contributed by atoms with Gasteiger partial charge in [-0.05, 0) is 36.1 Å². The van der Waals surface area contributed by atoms with E-state index in [9.17, 15) is 9.50 Å². The summed E-state index contributed by atoms with van der Waals surface area (Å²) in [7, 11) is 0. The number of furan rings is 1. The van der Waals surface area contributed by atoms with E-state index < -0.39 is 6.10 Å². The second-order valence-electron chi connectivity index (χ2n) is 4.73. The van der Waals surface area contributed by atoms with Gasteiger partial charge in [0.1, 0.15) is 18.2 Å². The van der Waals surface area contributed by atoms with E-state index in [1.165, 1.54) is 18.5 Å². The molecule has 0 aliphatic carbocycles. The maximum atomic E-state index is 13.3. The molecule has 2 aromatic heterocycles. The zero-order chi connectivity index (χ0) is 14.7. The van der Waals surface area contributed by atoms with Crippen LogP contribution in [0.1, 0.15) is 23.9 Å². The number of benzene rings is 1. The quantitative estimate of drug-likeness (QED) is 0.756. The molecule has 6 heteroatoms. The van der Waals surface area contributed by atoms with Crippen LogP contribution in [0.2, 0.25) is 0 Å². The van der Waals surface area contributed by atoms with Crippen molar-refractivity contribution in [2.75, 3.05) is 0 Å². The summed E-state index contributed by atoms with van der Waals surface area (Å²) in [6.45, 7) is 0. The van der Waals surface area contributed by atoms with Crippen molar-refractivity contribution in [2.24, 2.45) is 0 Å². The van der Waals surface area contributed by atoms with Crippen LogP contribution in [0.15, 0.2) is 47.5 Å². The highest BCUT2D eigenvalue weighted by Gasteiger charge is 2.14. The first kappa shape index (κ1) is 13.5. The Labute approximate surface area is 120 Å². The lowest BCUT2D eigenvalue weighted by atomic mass is 10.00. The molecule has 3 aromatic rings. The van der Waals surface area contributed by atoms with E-state index in [2.05, 4.69) is 15.2 Å². The molecule has 5 nitrogen and oxygen atoms in total. The summed E-state index contributed by atoms with van der Waals surface area (Å²) >= 11 is 0. The first-order chi connectivity index (χ1) is 10.2. The van der Waals surface area contributed by atoms with Gasteiger partial charge in [-0.25, -0.2) is 9.37 Å². The smallest absolute Gasteiger partial charge is 0.178 e. The third kappa shape index (κ3) is 3.00. The first-order valence-corrected chi connectivity index (χ1v) is 6.59. The average molecular weight is 287 g/mol. The fourth-order valence-corrected chi connectivity index (χ4v) is 2.23. The van der Waals surface area contributed by atoms with Crippen molar-refractivity contribution in [3.8, 4) is 11.1 Å². The molecule has 1 aromatic carbocycles. The summed E-state index contributed by atoms with van der Waals surface area (Å²) in [5.41, 5.74) is 2.50. The van der Waals surface area contributed by atoms with E-state index in [0.29, 0.717) is 18.7 Å². The molecule has 0 saturated heterocycles. The minimum absolute atomic E-state index is 0.291. The Morgan fingerprint density at radius 2 is 2.24 bits per heavy atom. The second-order valence-corrected chi connectivity index (χ2v) is 4.73. The van der Waals surface area contributed by atoms with Crippen LogP contribution in [0.25, 0.3) is 11.1 Å². The van der Waals surface area contributed by atoms with E-state index in [0.717, 1.165) is 16.7 Å². The van der Waals surface area contributed by atoms with Crippen molar-refractivity contribution >= 4 is 0 Å². The third-order valence-corrected chi connectivity index (χ3v) is 3.30. The molecule has 0 saturated carbocycles. The molecule has 0 aliphatic heterocycles. The van der Waals surface area contributed by atoms with Gasteiger partial charge < -0.3 is 9.52 Å². The van der Waals surface area contributed by atoms with Crippen molar-refractivity contribution in [2.45, 2.75) is 18.9 Å². The Balaban J connectivity index is 1.74. The summed E-state index contributed by atoms with van der Waals surface area (Å²) in [6, 6.07) is 6.34. The first-order valence-electron chi connectivity index (χ1n) is 6.59. The molecule has 21 heavy (non-hydrogen) atoms. The van der Waals surface area contributed by atoms with E-state index in [-0.39, 0.29) is 5.82 Å². The molecule has 2 N–H and O–H groups in total. The minimum Gasteiger partial charge on any atom is -0.472 e. The molecule has 1 unspecified atom stereocenters. The number of nitrogens with one attached hydrogen (secondary N) is 1. The number of aromatic nitrogens is 3. The van der Waals surface area contributed by atoms with Crippen LogP contribution < -0.4 is 0 Å². The Bertz CT molecular complexity index is 709. The van der Waals surface area contributed by atoms with Gasteiger partial charge in [-0.15, -0.1) is 0 Å². The minimum atomic E-state index is -0.744. The molecule has 0 bridgehead atoms. The Morgan fingerprint density at radius 3 is 3.00 bits per heavy atom. The van der Waals surface area contributed by atoms with E-state index in [1.807, 2.05) is 6.07 Å². The summed E-state index contributed by atoms with van der Waals surface area (Å²) in [5.74, 6) is 0.0752. The summed E-state index contributed by atoms with van der Waals surface area (Å²) < 4.78 is 18.5. The van der Waals surface area contributed by atoms with Gasteiger partial charge in [0, 0.05) is 5.56 Å². The molecule has 3 rings (SSSR count). The maximum absolute atomic E-state index is 13.3. The zero-order valence-corrected chi connectivity index (χ0v) is 11.2. The maximum Gasteiger partial charge on any atom is 0.178 e. The number of H-pyrrole nitrogens is 1. The monoisotopic (exact) mass is 287 g/mol. The number of aromatic amines is 1. The fraction of sp³-hybridized carbons (Fsp3) is 0.200. The molecular weight excluding hydrogens is 273 g/mol. The second kappa shape index (κ2) is 5.88. The number of aliphatic hydroxyl groups excluding tert-OH is 1. The van der Waals surface area contributed by atoms with Crippen LogP contribution in [0, 0.1) is 5.82 Å². The molecule has 0 spiro atoms. The van der Waals surface area contributed by atoms with Crippen molar-refractivity contribution < 1.29 is 13.9 Å². The number of hydrogen-bond acceptors (Lipinski definition) is 4. The highest BCUT2D eigenvalue weighted by atomic mass is 19.1. The van der Waals surface area contributed by atoms with Crippen LogP contribution in [0.5, 0.6) is 0 Å². The van der Waals surface area contributed by atoms with Crippen LogP contribution in [0.3, 0.4) is 0 Å². The Morgan fingerprint density at radius 1 is 1.33 bits per heavy atom. The Kier molecular flexibility index (Phi) is 3.79. The lowest BCUT2D eigenvalue weighted by molar-refractivity contribution is 0.158. The third-order valence-electron chi connectivity index (χ3n) is 3.30. The molecular formula is C15H14FN3O2. The molecule has 2 heterocycles. The van der Waals surface area contributed by atoms with Crippen molar-refractivity contribution in [1.82, 2.24) is 15.2 Å². The average Bonchev–Trinajstić information content (AvgIpc) is 3.16. The summed E-state index contributed by atoms with van der Waals surface area (Å²) in [6.07, 6.45) is 4.92. The van der Waals surface area contributed by atoms with Crippen molar-refractivity contribution in [3.63, 3.8) is 0 Å². The number of nitrogens with zero attached hydrogens (tertiary/aromatic N) is 2. The number of aliphatic hydroxyl groups is 1. The fourth-order valence-electron chi connectivity index (χ4n) is 2.23. The van der Waals surface area contributed by atoms with Gasteiger partial charge in [0.25, 0.3) is 0 Å². The van der Waals surface area contributed by atoms with Crippen molar-refractivity contribution in [1.29, 1.82) is 0 Å². The highest BCUT2D eigenvalue weighted by Crippen LogP contribution is 2.27. The van der Waals surface area contributed by atoms with Gasteiger partial charge in [0.2, 0.25) is 0 Å². The highest BCUT2D eigenvalue weighted by molar-refractivity contribution is 5.66. The lowest BCUT2D eigenvalue weighted by Crippen LogP contribution is -2.02. The van der Waals surface area contributed by atoms with Gasteiger partial charge in [0.05, 0.1) is 12.5 Å². The topological polar surface area (TPSA) is 74.9 Å². The van der Waals surface area contributed by atoms with Gasteiger partial charge in [-0.3, -0.25) is 5.10 Å². The van der Waals surface area contributed by atoms with Crippen LogP contribution >= 0.6 is 0 Å². The van der Waals surface area contributed by atoms with Gasteiger partial charge in [-0.2, -0.15) is 5.10 Å². The van der Waals surface area contributed by atoms with Crippen LogP contribution in [0.4, 0.5) is 4.39 Å². The molecule has 0 radical (unpaired) electrons. The molecule has 0 fully saturated rings. The SMILES string of the molecule is OC(CCc1cocc1-c1cccc(F)c1)c1nc[nH]n1. The standard InChI is InChI=1S/C15H14FN3O2/c16-12-3-1-2-10(6-12)13-8-21-7-11(13)4-5-14(20)15-17-9-18-19-15/h1-3,6-9,14,20H,4-5H2,(H,17,18,19). The van der Waals surface area contributed by atoms with E-state index in [4.69, 9.17) is 4.42 Å². The predicted octanol–water partition coefficient (Wildman–Crippen LogP) is 2.87. The van der Waals surface area contributed by atoms with Gasteiger partial charge in [-0.1, -0.05) is 12.1 Å². The zero-order valence-electron chi connectivity index (χ0n) is 11.2. The van der Waals surface area contributed by atoms with Crippen LogP contribution in [-0.4, -0.2) is 20.3 Å². The predicted molar refractivity (Wildman–Crippen MR) is 73.8 cm³/mol. The number of aryl methyl sites for hydroxylation is 1. The summed E-state index contributed by atoms with van der Waals surface area (Å²) in [4.78, 5) is 3.92. The van der Waals surface area contributed by atoms with E-state index in [1.54, 1.807) is 18.6 Å². The largest absolute Gasteiger partial charge is 0.472 e. The normalized spacial score (nSPS) is 12.5. The van der Waals surface area contributed by atoms with E-state index >= 15 is 0 Å². The van der Waals surface area contributed by atoms with Gasteiger partial charge in [0.15, 0.2) is 5.82 Å². The Hall–Kier alpha value is -2.47. The lowest BCUT2D eigenvalue weighted by Gasteiger charge is -2.07. The van der Waals surface area contributed by atoms with Crippen LogP contribution in [-0.2, 0) is 6.42 Å².